The molecule has 2 atom stereocenters. The number of carbonyl (C=O) groups is 1. The summed E-state index contributed by atoms with van der Waals surface area (Å²) < 4.78 is 7.67. The van der Waals surface area contributed by atoms with Crippen LogP contribution < -0.4 is 5.73 Å². The minimum atomic E-state index is -0.178. The van der Waals surface area contributed by atoms with E-state index < -0.39 is 0 Å². The van der Waals surface area contributed by atoms with Gasteiger partial charge < -0.3 is 10.5 Å². The second kappa shape index (κ2) is 8.23. The topological polar surface area (TPSA) is 99.2 Å². The number of carbonyl (C=O) groups excluding carboxylic acids is 1. The van der Waals surface area contributed by atoms with Gasteiger partial charge in [0.2, 0.25) is 5.91 Å². The van der Waals surface area contributed by atoms with Crippen LogP contribution in [0.15, 0.2) is 0 Å². The van der Waals surface area contributed by atoms with E-state index in [1.807, 2.05) is 4.68 Å². The van der Waals surface area contributed by atoms with Gasteiger partial charge in [0, 0.05) is 12.5 Å². The number of hydrogen-bond acceptors (Lipinski definition) is 6. The summed E-state index contributed by atoms with van der Waals surface area (Å²) in [6.45, 7) is 7.71. The Morgan fingerprint density at radius 1 is 1.32 bits per heavy atom. The van der Waals surface area contributed by atoms with Crippen molar-refractivity contribution in [1.29, 1.82) is 0 Å². The van der Waals surface area contributed by atoms with Crippen molar-refractivity contribution in [2.75, 3.05) is 19.7 Å². The zero-order chi connectivity index (χ0) is 17.8. The Kier molecular flexibility index (Phi) is 6.01. The number of tetrazole rings is 1. The van der Waals surface area contributed by atoms with Crippen molar-refractivity contribution in [3.63, 3.8) is 0 Å². The van der Waals surface area contributed by atoms with Gasteiger partial charge in [-0.1, -0.05) is 13.8 Å². The minimum Gasteiger partial charge on any atom is -0.376 e. The fourth-order valence-electron chi connectivity index (χ4n) is 3.92. The number of aromatic nitrogens is 4. The number of nitrogens with zero attached hydrogens (tertiary/aromatic N) is 5. The molecule has 8 nitrogen and oxygen atoms in total. The third-order valence-corrected chi connectivity index (χ3v) is 5.33. The molecule has 0 saturated carbocycles. The van der Waals surface area contributed by atoms with Gasteiger partial charge in [-0.25, -0.2) is 4.68 Å². The van der Waals surface area contributed by atoms with Crippen molar-refractivity contribution in [3.05, 3.63) is 5.82 Å². The molecule has 0 aliphatic carbocycles. The molecule has 25 heavy (non-hydrogen) atoms. The Morgan fingerprint density at radius 3 is 2.68 bits per heavy atom. The summed E-state index contributed by atoms with van der Waals surface area (Å²) in [7, 11) is 0. The third-order valence-electron chi connectivity index (χ3n) is 5.33. The lowest BCUT2D eigenvalue weighted by Crippen LogP contribution is -2.41. The standard InChI is InChI=1S/C17H30N6O2/c1-12(2)10-15(22-7-5-13(6-8-22)16(18)24)17-19-20-21-23(17)11-14-4-3-9-25-14/h12-15H,3-11H2,1-2H3,(H2,18,24). The normalized spacial score (nSPS) is 24.0. The smallest absolute Gasteiger partial charge is 0.220 e. The molecule has 2 N–H and O–H groups in total. The van der Waals surface area contributed by atoms with Crippen molar-refractivity contribution in [2.45, 2.75) is 64.6 Å². The number of nitrogens with two attached hydrogens (primary N) is 1. The molecule has 1 amide bonds. The summed E-state index contributed by atoms with van der Waals surface area (Å²) in [6, 6.07) is 0.172. The molecule has 3 rings (SSSR count). The molecule has 8 heteroatoms. The van der Waals surface area contributed by atoms with E-state index >= 15 is 0 Å². The quantitative estimate of drug-likeness (QED) is 0.791. The van der Waals surface area contributed by atoms with Crippen LogP contribution in [-0.2, 0) is 16.1 Å². The molecular weight excluding hydrogens is 320 g/mol. The first-order valence-corrected chi connectivity index (χ1v) is 9.45. The monoisotopic (exact) mass is 350 g/mol. The van der Waals surface area contributed by atoms with Crippen molar-refractivity contribution >= 4 is 5.91 Å². The SMILES string of the molecule is CC(C)CC(c1nnnn1CC1CCCO1)N1CCC(C(N)=O)CC1. The molecule has 140 valence electrons. The molecule has 2 aliphatic rings. The first kappa shape index (κ1) is 18.3. The van der Waals surface area contributed by atoms with E-state index in [9.17, 15) is 4.79 Å². The Morgan fingerprint density at radius 2 is 2.08 bits per heavy atom. The maximum absolute atomic E-state index is 11.4. The van der Waals surface area contributed by atoms with E-state index in [-0.39, 0.29) is 24.0 Å². The molecule has 2 saturated heterocycles. The summed E-state index contributed by atoms with van der Waals surface area (Å²) in [6.07, 6.45) is 5.01. The van der Waals surface area contributed by atoms with Crippen molar-refractivity contribution in [3.8, 4) is 0 Å². The van der Waals surface area contributed by atoms with Gasteiger partial charge in [0.1, 0.15) is 0 Å². The van der Waals surface area contributed by atoms with Crippen LogP contribution in [0.2, 0.25) is 0 Å². The molecule has 0 radical (unpaired) electrons. The third kappa shape index (κ3) is 4.55. The predicted octanol–water partition coefficient (Wildman–Crippen LogP) is 1.14. The molecule has 0 aromatic carbocycles. The summed E-state index contributed by atoms with van der Waals surface area (Å²) in [4.78, 5) is 13.9. The van der Waals surface area contributed by atoms with E-state index in [2.05, 4.69) is 34.3 Å². The Balaban J connectivity index is 1.72. The largest absolute Gasteiger partial charge is 0.376 e. The Bertz CT molecular complexity index is 561. The second-order valence-corrected chi connectivity index (χ2v) is 7.71. The van der Waals surface area contributed by atoms with Crippen molar-refractivity contribution in [1.82, 2.24) is 25.1 Å². The van der Waals surface area contributed by atoms with E-state index in [0.29, 0.717) is 12.5 Å². The molecule has 3 heterocycles. The number of amides is 1. The fraction of sp³-hybridized carbons (Fsp3) is 0.882. The van der Waals surface area contributed by atoms with Crippen LogP contribution in [0.25, 0.3) is 0 Å². The molecule has 0 bridgehead atoms. The van der Waals surface area contributed by atoms with Crippen LogP contribution in [0.3, 0.4) is 0 Å². The second-order valence-electron chi connectivity index (χ2n) is 7.71. The lowest BCUT2D eigenvalue weighted by molar-refractivity contribution is -0.123. The molecule has 0 spiro atoms. The van der Waals surface area contributed by atoms with Crippen molar-refractivity contribution < 1.29 is 9.53 Å². The molecule has 2 fully saturated rings. The predicted molar refractivity (Wildman–Crippen MR) is 92.5 cm³/mol. The highest BCUT2D eigenvalue weighted by Gasteiger charge is 2.32. The van der Waals surface area contributed by atoms with E-state index in [4.69, 9.17) is 10.5 Å². The molecule has 2 aliphatic heterocycles. The van der Waals surface area contributed by atoms with Crippen LogP contribution in [0.5, 0.6) is 0 Å². The first-order valence-electron chi connectivity index (χ1n) is 9.45. The number of rotatable bonds is 7. The highest BCUT2D eigenvalue weighted by Crippen LogP contribution is 2.31. The van der Waals surface area contributed by atoms with Crippen LogP contribution in [0, 0.1) is 11.8 Å². The zero-order valence-electron chi connectivity index (χ0n) is 15.3. The lowest BCUT2D eigenvalue weighted by Gasteiger charge is -2.36. The Hall–Kier alpha value is -1.54. The number of ether oxygens (including phenoxy) is 1. The highest BCUT2D eigenvalue weighted by molar-refractivity contribution is 5.76. The van der Waals surface area contributed by atoms with Crippen LogP contribution in [0.4, 0.5) is 0 Å². The first-order chi connectivity index (χ1) is 12.0. The number of hydrogen-bond donors (Lipinski definition) is 1. The van der Waals surface area contributed by atoms with Gasteiger partial charge in [0.25, 0.3) is 0 Å². The fourth-order valence-corrected chi connectivity index (χ4v) is 3.92. The molecule has 1 aromatic heterocycles. The van der Waals surface area contributed by atoms with Gasteiger partial charge in [-0.15, -0.1) is 5.10 Å². The van der Waals surface area contributed by atoms with E-state index in [0.717, 1.165) is 57.6 Å². The van der Waals surface area contributed by atoms with Crippen LogP contribution in [0.1, 0.15) is 57.8 Å². The number of likely N-dealkylation sites (tertiary alicyclic amines) is 1. The van der Waals surface area contributed by atoms with E-state index in [1.54, 1.807) is 0 Å². The van der Waals surface area contributed by atoms with Crippen molar-refractivity contribution in [2.24, 2.45) is 17.6 Å². The summed E-state index contributed by atoms with van der Waals surface area (Å²) in [5.74, 6) is 1.27. The van der Waals surface area contributed by atoms with Gasteiger partial charge in [-0.05, 0) is 61.5 Å². The maximum Gasteiger partial charge on any atom is 0.220 e. The van der Waals surface area contributed by atoms with Crippen LogP contribution >= 0.6 is 0 Å². The zero-order valence-corrected chi connectivity index (χ0v) is 15.3. The highest BCUT2D eigenvalue weighted by atomic mass is 16.5. The number of primary amides is 1. The summed E-state index contributed by atoms with van der Waals surface area (Å²) >= 11 is 0. The van der Waals surface area contributed by atoms with Gasteiger partial charge in [0.05, 0.1) is 18.7 Å². The van der Waals surface area contributed by atoms with Gasteiger partial charge >= 0.3 is 0 Å². The summed E-state index contributed by atoms with van der Waals surface area (Å²) in [5, 5.41) is 12.5. The van der Waals surface area contributed by atoms with Gasteiger partial charge in [-0.3, -0.25) is 9.69 Å². The van der Waals surface area contributed by atoms with Crippen LogP contribution in [-0.4, -0.2) is 56.8 Å². The summed E-state index contributed by atoms with van der Waals surface area (Å²) in [5.41, 5.74) is 5.47. The van der Waals surface area contributed by atoms with Gasteiger partial charge in [0.15, 0.2) is 5.82 Å². The Labute approximate surface area is 149 Å². The van der Waals surface area contributed by atoms with Gasteiger partial charge in [-0.2, -0.15) is 0 Å². The average Bonchev–Trinajstić information content (AvgIpc) is 3.25. The molecule has 1 aromatic rings. The van der Waals surface area contributed by atoms with E-state index in [1.165, 1.54) is 0 Å². The maximum atomic E-state index is 11.4. The average molecular weight is 350 g/mol. The molecular formula is C17H30N6O2. The lowest BCUT2D eigenvalue weighted by atomic mass is 9.93. The minimum absolute atomic E-state index is 0.00108. The molecule has 2 unspecified atom stereocenters. The number of piperidine rings is 1.